The SMILES string of the molecule is COc1ccc(Cl)cc1CN(CC1CCCNC1)C1CC1. The highest BCUT2D eigenvalue weighted by molar-refractivity contribution is 6.30. The highest BCUT2D eigenvalue weighted by atomic mass is 35.5. The van der Waals surface area contributed by atoms with E-state index < -0.39 is 0 Å². The zero-order valence-electron chi connectivity index (χ0n) is 12.8. The van der Waals surface area contributed by atoms with Crippen LogP contribution in [0.3, 0.4) is 0 Å². The lowest BCUT2D eigenvalue weighted by Crippen LogP contribution is -2.39. The average molecular weight is 309 g/mol. The first kappa shape index (κ1) is 15.1. The van der Waals surface area contributed by atoms with E-state index in [0.717, 1.165) is 35.8 Å². The van der Waals surface area contributed by atoms with Crippen LogP contribution < -0.4 is 10.1 Å². The van der Waals surface area contributed by atoms with Gasteiger partial charge in [-0.05, 0) is 62.9 Å². The van der Waals surface area contributed by atoms with Crippen molar-refractivity contribution < 1.29 is 4.74 Å². The Morgan fingerprint density at radius 2 is 2.19 bits per heavy atom. The van der Waals surface area contributed by atoms with Crippen molar-refractivity contribution in [1.29, 1.82) is 0 Å². The summed E-state index contributed by atoms with van der Waals surface area (Å²) >= 11 is 6.16. The van der Waals surface area contributed by atoms with Crippen molar-refractivity contribution in [2.24, 2.45) is 5.92 Å². The lowest BCUT2D eigenvalue weighted by atomic mass is 9.98. The van der Waals surface area contributed by atoms with Crippen LogP contribution in [0.25, 0.3) is 0 Å². The molecule has 0 radical (unpaired) electrons. The van der Waals surface area contributed by atoms with E-state index in [0.29, 0.717) is 0 Å². The third kappa shape index (κ3) is 4.12. The third-order valence-corrected chi connectivity index (χ3v) is 4.81. The van der Waals surface area contributed by atoms with E-state index in [1.54, 1.807) is 7.11 Å². The number of hydrogen-bond acceptors (Lipinski definition) is 3. The highest BCUT2D eigenvalue weighted by Crippen LogP contribution is 2.32. The fourth-order valence-corrected chi connectivity index (χ4v) is 3.48. The van der Waals surface area contributed by atoms with Gasteiger partial charge in [-0.15, -0.1) is 0 Å². The largest absolute Gasteiger partial charge is 0.496 e. The Labute approximate surface area is 132 Å². The first-order valence-corrected chi connectivity index (χ1v) is 8.41. The van der Waals surface area contributed by atoms with Crippen LogP contribution in [0.4, 0.5) is 0 Å². The number of benzene rings is 1. The number of nitrogens with one attached hydrogen (secondary N) is 1. The number of methoxy groups -OCH3 is 1. The normalized spacial score (nSPS) is 22.5. The molecule has 3 rings (SSSR count). The zero-order valence-corrected chi connectivity index (χ0v) is 13.5. The minimum Gasteiger partial charge on any atom is -0.496 e. The summed E-state index contributed by atoms with van der Waals surface area (Å²) in [5.74, 6) is 1.73. The predicted octanol–water partition coefficient (Wildman–Crippen LogP) is 3.31. The molecule has 1 saturated carbocycles. The van der Waals surface area contributed by atoms with Crippen molar-refractivity contribution in [2.75, 3.05) is 26.7 Å². The summed E-state index contributed by atoms with van der Waals surface area (Å²) in [5.41, 5.74) is 1.21. The molecule has 1 N–H and O–H groups in total. The Morgan fingerprint density at radius 1 is 1.33 bits per heavy atom. The number of rotatable bonds is 6. The molecule has 0 bridgehead atoms. The van der Waals surface area contributed by atoms with Crippen LogP contribution >= 0.6 is 11.6 Å². The molecule has 21 heavy (non-hydrogen) atoms. The van der Waals surface area contributed by atoms with Gasteiger partial charge < -0.3 is 10.1 Å². The van der Waals surface area contributed by atoms with Crippen LogP contribution in [0.2, 0.25) is 5.02 Å². The van der Waals surface area contributed by atoms with Crippen molar-refractivity contribution in [3.05, 3.63) is 28.8 Å². The number of piperidine rings is 1. The second kappa shape index (κ2) is 6.99. The molecular formula is C17H25ClN2O. The molecule has 1 aliphatic heterocycles. The number of halogens is 1. The van der Waals surface area contributed by atoms with Gasteiger partial charge in [0.2, 0.25) is 0 Å². The van der Waals surface area contributed by atoms with Gasteiger partial charge in [0.05, 0.1) is 7.11 Å². The summed E-state index contributed by atoms with van der Waals surface area (Å²) in [6.07, 6.45) is 5.33. The minimum absolute atomic E-state index is 0.760. The van der Waals surface area contributed by atoms with Crippen molar-refractivity contribution in [3.8, 4) is 5.75 Å². The Bertz CT molecular complexity index is 470. The van der Waals surface area contributed by atoms with Crippen molar-refractivity contribution in [3.63, 3.8) is 0 Å². The molecule has 4 heteroatoms. The second-order valence-electron chi connectivity index (χ2n) is 6.33. The van der Waals surface area contributed by atoms with E-state index in [-0.39, 0.29) is 0 Å². The standard InChI is InChI=1S/C17H25ClN2O/c1-21-17-7-4-15(18)9-14(17)12-20(16-5-6-16)11-13-3-2-8-19-10-13/h4,7,9,13,16,19H,2-3,5-6,8,10-12H2,1H3. The Morgan fingerprint density at radius 3 is 2.86 bits per heavy atom. The summed E-state index contributed by atoms with van der Waals surface area (Å²) in [7, 11) is 1.74. The van der Waals surface area contributed by atoms with Gasteiger partial charge in [-0.2, -0.15) is 0 Å². The van der Waals surface area contributed by atoms with Crippen LogP contribution in [-0.4, -0.2) is 37.7 Å². The molecule has 1 aromatic carbocycles. The van der Waals surface area contributed by atoms with E-state index in [1.807, 2.05) is 12.1 Å². The van der Waals surface area contributed by atoms with Crippen LogP contribution in [0.5, 0.6) is 5.75 Å². The lowest BCUT2D eigenvalue weighted by Gasteiger charge is -2.30. The summed E-state index contributed by atoms with van der Waals surface area (Å²) < 4.78 is 5.49. The first-order chi connectivity index (χ1) is 10.3. The number of hydrogen-bond donors (Lipinski definition) is 1. The first-order valence-electron chi connectivity index (χ1n) is 8.03. The molecule has 2 fully saturated rings. The molecule has 3 nitrogen and oxygen atoms in total. The Kier molecular flexibility index (Phi) is 5.04. The van der Waals surface area contributed by atoms with E-state index in [1.165, 1.54) is 44.3 Å². The second-order valence-corrected chi connectivity index (χ2v) is 6.77. The smallest absolute Gasteiger partial charge is 0.123 e. The highest BCUT2D eigenvalue weighted by Gasteiger charge is 2.31. The van der Waals surface area contributed by atoms with Gasteiger partial charge in [0.25, 0.3) is 0 Å². The maximum Gasteiger partial charge on any atom is 0.123 e. The fourth-order valence-electron chi connectivity index (χ4n) is 3.28. The van der Waals surface area contributed by atoms with E-state index in [2.05, 4.69) is 16.3 Å². The Balaban J connectivity index is 1.68. The van der Waals surface area contributed by atoms with Gasteiger partial charge in [-0.25, -0.2) is 0 Å². The molecule has 1 saturated heterocycles. The van der Waals surface area contributed by atoms with Crippen molar-refractivity contribution in [1.82, 2.24) is 10.2 Å². The van der Waals surface area contributed by atoms with Crippen LogP contribution in [0.1, 0.15) is 31.2 Å². The van der Waals surface area contributed by atoms with E-state index in [9.17, 15) is 0 Å². The molecule has 1 aliphatic carbocycles. The molecule has 0 amide bonds. The monoisotopic (exact) mass is 308 g/mol. The predicted molar refractivity (Wildman–Crippen MR) is 87.0 cm³/mol. The molecule has 116 valence electrons. The molecule has 1 heterocycles. The summed E-state index contributed by atoms with van der Waals surface area (Å²) in [6, 6.07) is 6.69. The average Bonchev–Trinajstić information content (AvgIpc) is 3.33. The van der Waals surface area contributed by atoms with Crippen molar-refractivity contribution in [2.45, 2.75) is 38.3 Å². The van der Waals surface area contributed by atoms with Crippen LogP contribution in [0.15, 0.2) is 18.2 Å². The van der Waals surface area contributed by atoms with E-state index >= 15 is 0 Å². The number of ether oxygens (including phenoxy) is 1. The third-order valence-electron chi connectivity index (χ3n) is 4.57. The lowest BCUT2D eigenvalue weighted by molar-refractivity contribution is 0.191. The van der Waals surface area contributed by atoms with Gasteiger partial charge in [-0.3, -0.25) is 4.90 Å². The van der Waals surface area contributed by atoms with Gasteiger partial charge in [0.15, 0.2) is 0 Å². The van der Waals surface area contributed by atoms with Gasteiger partial charge >= 0.3 is 0 Å². The maximum absolute atomic E-state index is 6.16. The molecule has 0 spiro atoms. The molecule has 1 unspecified atom stereocenters. The molecule has 0 aromatic heterocycles. The minimum atomic E-state index is 0.760. The van der Waals surface area contributed by atoms with Gasteiger partial charge in [0.1, 0.15) is 5.75 Å². The van der Waals surface area contributed by atoms with E-state index in [4.69, 9.17) is 16.3 Å². The molecular weight excluding hydrogens is 284 g/mol. The Hall–Kier alpha value is -0.770. The van der Waals surface area contributed by atoms with Crippen molar-refractivity contribution >= 4 is 11.6 Å². The topological polar surface area (TPSA) is 24.5 Å². The van der Waals surface area contributed by atoms with Gasteiger partial charge in [-0.1, -0.05) is 11.6 Å². The molecule has 1 aromatic rings. The summed E-state index contributed by atoms with van der Waals surface area (Å²) in [6.45, 7) is 4.48. The fraction of sp³-hybridized carbons (Fsp3) is 0.647. The molecule has 2 aliphatic rings. The van der Waals surface area contributed by atoms with Crippen LogP contribution in [0, 0.1) is 5.92 Å². The quantitative estimate of drug-likeness (QED) is 0.872. The number of nitrogens with zero attached hydrogens (tertiary/aromatic N) is 1. The molecule has 1 atom stereocenters. The summed E-state index contributed by atoms with van der Waals surface area (Å²) in [5, 5.41) is 4.32. The van der Waals surface area contributed by atoms with Crippen LogP contribution in [-0.2, 0) is 6.54 Å². The van der Waals surface area contributed by atoms with Gasteiger partial charge in [0, 0.05) is 29.7 Å². The zero-order chi connectivity index (χ0) is 14.7. The summed E-state index contributed by atoms with van der Waals surface area (Å²) in [4.78, 5) is 2.63. The maximum atomic E-state index is 6.16.